The van der Waals surface area contributed by atoms with Gasteiger partial charge in [-0.05, 0) is 24.5 Å². The molecule has 1 aliphatic heterocycles. The molecule has 1 heterocycles. The number of sulfonamides is 1. The number of carbonyl (C=O) groups excluding carboxylic acids is 1. The summed E-state index contributed by atoms with van der Waals surface area (Å²) >= 11 is 0. The molecule has 0 atom stereocenters. The number of hydrogen-bond donors (Lipinski definition) is 1. The minimum atomic E-state index is -3.51. The highest BCUT2D eigenvalue weighted by atomic mass is 32.2. The maximum atomic E-state index is 12.1. The topological polar surface area (TPSA) is 66.5 Å². The third kappa shape index (κ3) is 6.54. The van der Waals surface area contributed by atoms with Gasteiger partial charge in [0.15, 0.2) is 0 Å². The van der Waals surface area contributed by atoms with Crippen LogP contribution in [0.5, 0.6) is 0 Å². The maximum Gasteiger partial charge on any atom is 0.233 e. The average molecular weight is 336 g/mol. The number of nitrogens with one attached hydrogen (secondary N) is 1. The molecule has 126 valence electrons. The van der Waals surface area contributed by atoms with E-state index in [0.717, 1.165) is 36.9 Å². The fourth-order valence-electron chi connectivity index (χ4n) is 2.56. The lowest BCUT2D eigenvalue weighted by Gasteiger charge is -2.20. The van der Waals surface area contributed by atoms with Gasteiger partial charge < -0.3 is 4.90 Å². The van der Waals surface area contributed by atoms with Crippen molar-refractivity contribution in [3.8, 4) is 0 Å². The molecule has 1 aromatic rings. The zero-order chi connectivity index (χ0) is 16.5. The SMILES string of the molecule is O=C(CCNS(=O)(=O)/C=C/c1ccccc1)N1CCCCCC1. The smallest absolute Gasteiger partial charge is 0.233 e. The first-order chi connectivity index (χ1) is 11.1. The van der Waals surface area contributed by atoms with Crippen molar-refractivity contribution in [2.45, 2.75) is 32.1 Å². The Morgan fingerprint density at radius 2 is 1.74 bits per heavy atom. The van der Waals surface area contributed by atoms with Gasteiger partial charge in [0.1, 0.15) is 0 Å². The van der Waals surface area contributed by atoms with Gasteiger partial charge >= 0.3 is 0 Å². The van der Waals surface area contributed by atoms with Crippen molar-refractivity contribution in [2.75, 3.05) is 19.6 Å². The average Bonchev–Trinajstić information content (AvgIpc) is 2.83. The molecular weight excluding hydrogens is 312 g/mol. The minimum absolute atomic E-state index is 0.0293. The molecule has 0 aromatic heterocycles. The Kier molecular flexibility index (Phi) is 6.80. The fourth-order valence-corrected chi connectivity index (χ4v) is 3.38. The first-order valence-corrected chi connectivity index (χ1v) is 9.62. The van der Waals surface area contributed by atoms with Crippen molar-refractivity contribution in [3.63, 3.8) is 0 Å². The summed E-state index contributed by atoms with van der Waals surface area (Å²) in [5.74, 6) is 0.0293. The molecule has 1 aromatic carbocycles. The van der Waals surface area contributed by atoms with Crippen molar-refractivity contribution < 1.29 is 13.2 Å². The second kappa shape index (κ2) is 8.84. The van der Waals surface area contributed by atoms with Crippen LogP contribution in [-0.4, -0.2) is 38.9 Å². The molecule has 23 heavy (non-hydrogen) atoms. The molecule has 0 unspecified atom stereocenters. The van der Waals surface area contributed by atoms with E-state index in [9.17, 15) is 13.2 Å². The van der Waals surface area contributed by atoms with Gasteiger partial charge in [0.25, 0.3) is 0 Å². The van der Waals surface area contributed by atoms with E-state index in [4.69, 9.17) is 0 Å². The summed E-state index contributed by atoms with van der Waals surface area (Å²) in [5.41, 5.74) is 0.818. The van der Waals surface area contributed by atoms with Crippen LogP contribution in [0, 0.1) is 0 Å². The van der Waals surface area contributed by atoms with Gasteiger partial charge in [-0.2, -0.15) is 0 Å². The van der Waals surface area contributed by atoms with Crippen molar-refractivity contribution in [1.29, 1.82) is 0 Å². The number of likely N-dealkylation sites (tertiary alicyclic amines) is 1. The number of benzene rings is 1. The molecular formula is C17H24N2O3S. The van der Waals surface area contributed by atoms with Crippen molar-refractivity contribution in [1.82, 2.24) is 9.62 Å². The Morgan fingerprint density at radius 1 is 1.09 bits per heavy atom. The van der Waals surface area contributed by atoms with Gasteiger partial charge in [-0.1, -0.05) is 43.2 Å². The highest BCUT2D eigenvalue weighted by Crippen LogP contribution is 2.10. The second-order valence-electron chi connectivity index (χ2n) is 5.70. The Labute approximate surface area is 138 Å². The highest BCUT2D eigenvalue weighted by Gasteiger charge is 2.15. The number of amides is 1. The molecule has 1 fully saturated rings. The molecule has 1 aliphatic rings. The molecule has 1 saturated heterocycles. The molecule has 1 amide bonds. The monoisotopic (exact) mass is 336 g/mol. The summed E-state index contributed by atoms with van der Waals surface area (Å²) in [5, 5.41) is 1.14. The molecule has 0 saturated carbocycles. The second-order valence-corrected chi connectivity index (χ2v) is 7.35. The van der Waals surface area contributed by atoms with Gasteiger partial charge in [0.05, 0.1) is 0 Å². The van der Waals surface area contributed by atoms with Crippen LogP contribution in [0.15, 0.2) is 35.7 Å². The van der Waals surface area contributed by atoms with Gasteiger partial charge in [-0.25, -0.2) is 13.1 Å². The minimum Gasteiger partial charge on any atom is -0.343 e. The summed E-state index contributed by atoms with van der Waals surface area (Å²) in [6, 6.07) is 9.22. The molecule has 1 N–H and O–H groups in total. The number of rotatable bonds is 6. The Morgan fingerprint density at radius 3 is 2.39 bits per heavy atom. The maximum absolute atomic E-state index is 12.1. The first-order valence-electron chi connectivity index (χ1n) is 8.07. The van der Waals surface area contributed by atoms with Crippen molar-refractivity contribution in [2.24, 2.45) is 0 Å². The van der Waals surface area contributed by atoms with E-state index in [0.29, 0.717) is 0 Å². The van der Waals surface area contributed by atoms with Crippen LogP contribution in [0.3, 0.4) is 0 Å². The fraction of sp³-hybridized carbons (Fsp3) is 0.471. The van der Waals surface area contributed by atoms with Crippen LogP contribution in [0.2, 0.25) is 0 Å². The normalized spacial score (nSPS) is 16.4. The standard InChI is InChI=1S/C17H24N2O3S/c20-17(19-13-6-1-2-7-14-19)10-12-18-23(21,22)15-11-16-8-4-3-5-9-16/h3-5,8-9,11,15,18H,1-2,6-7,10,12-14H2/b15-11+. The van der Waals surface area contributed by atoms with E-state index < -0.39 is 10.0 Å². The van der Waals surface area contributed by atoms with Gasteiger partial charge in [0, 0.05) is 31.5 Å². The molecule has 2 rings (SSSR count). The zero-order valence-corrected chi connectivity index (χ0v) is 14.1. The van der Waals surface area contributed by atoms with Crippen LogP contribution >= 0.6 is 0 Å². The van der Waals surface area contributed by atoms with Gasteiger partial charge in [-0.15, -0.1) is 0 Å². The lowest BCUT2D eigenvalue weighted by atomic mass is 10.2. The molecule has 0 spiro atoms. The third-order valence-electron chi connectivity index (χ3n) is 3.84. The predicted molar refractivity (Wildman–Crippen MR) is 92.1 cm³/mol. The summed E-state index contributed by atoms with van der Waals surface area (Å²) in [7, 11) is -3.51. The molecule has 0 radical (unpaired) electrons. The van der Waals surface area contributed by atoms with Gasteiger partial charge in [0.2, 0.25) is 15.9 Å². The summed E-state index contributed by atoms with van der Waals surface area (Å²) in [6.45, 7) is 1.72. The van der Waals surface area contributed by atoms with Crippen LogP contribution in [0.4, 0.5) is 0 Å². The molecule has 0 bridgehead atoms. The predicted octanol–water partition coefficient (Wildman–Crippen LogP) is 2.37. The van der Waals surface area contributed by atoms with E-state index in [1.165, 1.54) is 12.8 Å². The van der Waals surface area contributed by atoms with Crippen LogP contribution in [0.1, 0.15) is 37.7 Å². The van der Waals surface area contributed by atoms with Gasteiger partial charge in [-0.3, -0.25) is 4.79 Å². The van der Waals surface area contributed by atoms with Crippen molar-refractivity contribution in [3.05, 3.63) is 41.3 Å². The molecule has 0 aliphatic carbocycles. The number of hydrogen-bond acceptors (Lipinski definition) is 3. The van der Waals surface area contributed by atoms with Crippen molar-refractivity contribution >= 4 is 22.0 Å². The Balaban J connectivity index is 1.78. The number of carbonyl (C=O) groups is 1. The lowest BCUT2D eigenvalue weighted by Crippen LogP contribution is -2.34. The summed E-state index contributed by atoms with van der Waals surface area (Å²) < 4.78 is 26.2. The van der Waals surface area contributed by atoms with Crippen LogP contribution in [0.25, 0.3) is 6.08 Å². The largest absolute Gasteiger partial charge is 0.343 e. The summed E-state index contributed by atoms with van der Waals surface area (Å²) in [6.07, 6.45) is 6.16. The number of nitrogens with zero attached hydrogens (tertiary/aromatic N) is 1. The van der Waals surface area contributed by atoms with Crippen LogP contribution < -0.4 is 4.72 Å². The first kappa shape index (κ1) is 17.7. The highest BCUT2D eigenvalue weighted by molar-refractivity contribution is 7.92. The quantitative estimate of drug-likeness (QED) is 0.867. The van der Waals surface area contributed by atoms with E-state index in [1.54, 1.807) is 6.08 Å². The summed E-state index contributed by atoms with van der Waals surface area (Å²) in [4.78, 5) is 13.9. The zero-order valence-electron chi connectivity index (χ0n) is 13.3. The van der Waals surface area contributed by atoms with Crippen LogP contribution in [-0.2, 0) is 14.8 Å². The molecule has 5 nitrogen and oxygen atoms in total. The lowest BCUT2D eigenvalue weighted by molar-refractivity contribution is -0.130. The van der Waals surface area contributed by atoms with E-state index in [-0.39, 0.29) is 18.9 Å². The van der Waals surface area contributed by atoms with E-state index in [2.05, 4.69) is 4.72 Å². The third-order valence-corrected chi connectivity index (χ3v) is 4.94. The Bertz CT molecular complexity index is 618. The van der Waals surface area contributed by atoms with E-state index in [1.807, 2.05) is 35.2 Å². The Hall–Kier alpha value is -1.66. The molecule has 6 heteroatoms. The van der Waals surface area contributed by atoms with E-state index >= 15 is 0 Å².